The topological polar surface area (TPSA) is 60.9 Å². The fourth-order valence-corrected chi connectivity index (χ4v) is 4.09. The highest BCUT2D eigenvalue weighted by molar-refractivity contribution is 6.35. The Labute approximate surface area is 166 Å². The maximum atomic E-state index is 13.4. The number of amides is 1. The van der Waals surface area contributed by atoms with Crippen LogP contribution < -0.4 is 9.80 Å². The predicted molar refractivity (Wildman–Crippen MR) is 105 cm³/mol. The summed E-state index contributed by atoms with van der Waals surface area (Å²) in [5.74, 6) is 0.526. The van der Waals surface area contributed by atoms with E-state index in [1.165, 1.54) is 0 Å². The first-order valence-electron chi connectivity index (χ1n) is 8.34. The molecule has 27 heavy (non-hydrogen) atoms. The van der Waals surface area contributed by atoms with Crippen molar-refractivity contribution in [2.75, 3.05) is 4.90 Å². The van der Waals surface area contributed by atoms with E-state index in [4.69, 9.17) is 28.5 Å². The van der Waals surface area contributed by atoms with Crippen LogP contribution in [0.1, 0.15) is 18.1 Å². The molecule has 134 valence electrons. The number of benzene rings is 2. The molecule has 4 rings (SSSR count). The number of aliphatic imine (C=N–C) groups is 1. The van der Waals surface area contributed by atoms with Crippen LogP contribution in [0.4, 0.5) is 5.69 Å². The van der Waals surface area contributed by atoms with Gasteiger partial charge in [0, 0.05) is 23.4 Å². The second-order valence-electron chi connectivity index (χ2n) is 6.77. The second-order valence-corrected chi connectivity index (χ2v) is 7.64. The first kappa shape index (κ1) is 17.7. The van der Waals surface area contributed by atoms with E-state index in [0.29, 0.717) is 33.7 Å². The minimum atomic E-state index is -0.769. The lowest BCUT2D eigenvalue weighted by Crippen LogP contribution is -3.16. The summed E-state index contributed by atoms with van der Waals surface area (Å²) >= 11 is 12.3. The number of nitrogens with zero attached hydrogens (tertiary/aromatic N) is 3. The number of rotatable bonds is 3. The molecule has 5 nitrogen and oxygen atoms in total. The number of guanidine groups is 1. The van der Waals surface area contributed by atoms with Crippen LogP contribution in [0.2, 0.25) is 10.0 Å². The van der Waals surface area contributed by atoms with E-state index in [1.807, 2.05) is 25.3 Å². The normalized spacial score (nSPS) is 23.3. The molecule has 2 unspecified atom stereocenters. The summed E-state index contributed by atoms with van der Waals surface area (Å²) in [5.41, 5.74) is 1.39. The Hall–Kier alpha value is -2.65. The van der Waals surface area contributed by atoms with Crippen molar-refractivity contribution in [3.63, 3.8) is 0 Å². The van der Waals surface area contributed by atoms with Gasteiger partial charge in [0.05, 0.1) is 23.5 Å². The summed E-state index contributed by atoms with van der Waals surface area (Å²) in [6.07, 6.45) is 4.08. The minimum Gasteiger partial charge on any atom is -0.266 e. The molecule has 0 aliphatic carbocycles. The van der Waals surface area contributed by atoms with Crippen LogP contribution in [0.5, 0.6) is 0 Å². The molecule has 0 spiro atoms. The van der Waals surface area contributed by atoms with Gasteiger partial charge >= 0.3 is 5.96 Å². The fourth-order valence-electron chi connectivity index (χ4n) is 3.58. The Bertz CT molecular complexity index is 1020. The quantitative estimate of drug-likeness (QED) is 0.865. The van der Waals surface area contributed by atoms with Crippen molar-refractivity contribution in [2.45, 2.75) is 18.9 Å². The van der Waals surface area contributed by atoms with Gasteiger partial charge in [0.2, 0.25) is 0 Å². The van der Waals surface area contributed by atoms with Crippen LogP contribution in [0.3, 0.4) is 0 Å². The minimum absolute atomic E-state index is 0.0803. The SMILES string of the molecule is CC1(Cc2ccc(C#N)cc2)C(=O)N(c2cc(Cl)cc(Cl)c2)C2=NC=C[NH+]21. The third-order valence-corrected chi connectivity index (χ3v) is 5.34. The highest BCUT2D eigenvalue weighted by Gasteiger charge is 2.59. The molecule has 1 fully saturated rings. The Morgan fingerprint density at radius 3 is 2.48 bits per heavy atom. The largest absolute Gasteiger partial charge is 0.320 e. The van der Waals surface area contributed by atoms with E-state index in [2.05, 4.69) is 11.1 Å². The Kier molecular flexibility index (Phi) is 4.27. The molecule has 2 aliphatic heterocycles. The summed E-state index contributed by atoms with van der Waals surface area (Å²) in [4.78, 5) is 20.3. The van der Waals surface area contributed by atoms with E-state index in [0.717, 1.165) is 10.5 Å². The smallest absolute Gasteiger partial charge is 0.266 e. The van der Waals surface area contributed by atoms with Crippen LogP contribution in [0.25, 0.3) is 0 Å². The van der Waals surface area contributed by atoms with Crippen LogP contribution in [-0.2, 0) is 11.2 Å². The van der Waals surface area contributed by atoms with Crippen LogP contribution in [-0.4, -0.2) is 17.4 Å². The van der Waals surface area contributed by atoms with Gasteiger partial charge in [-0.15, -0.1) is 0 Å². The van der Waals surface area contributed by atoms with Crippen molar-refractivity contribution < 1.29 is 9.69 Å². The Balaban J connectivity index is 1.73. The van der Waals surface area contributed by atoms with Crippen LogP contribution in [0, 0.1) is 11.3 Å². The highest BCUT2D eigenvalue weighted by Crippen LogP contribution is 2.30. The number of quaternary nitrogens is 1. The van der Waals surface area contributed by atoms with Crippen LogP contribution in [0.15, 0.2) is 59.9 Å². The number of halogens is 2. The van der Waals surface area contributed by atoms with Gasteiger partial charge in [0.1, 0.15) is 6.20 Å². The second kappa shape index (κ2) is 6.50. The number of carbonyl (C=O) groups excluding carboxylic acids is 1. The zero-order valence-electron chi connectivity index (χ0n) is 14.4. The van der Waals surface area contributed by atoms with E-state index in [-0.39, 0.29) is 5.91 Å². The van der Waals surface area contributed by atoms with Crippen molar-refractivity contribution in [2.24, 2.45) is 4.99 Å². The fraction of sp³-hybridized carbons (Fsp3) is 0.150. The average Bonchev–Trinajstić information content (AvgIpc) is 3.18. The van der Waals surface area contributed by atoms with E-state index in [9.17, 15) is 4.79 Å². The summed E-state index contributed by atoms with van der Waals surface area (Å²) in [5, 5.41) is 9.89. The summed E-state index contributed by atoms with van der Waals surface area (Å²) in [7, 11) is 0. The molecule has 1 amide bonds. The third kappa shape index (κ3) is 2.92. The van der Waals surface area contributed by atoms with Crippen molar-refractivity contribution in [1.82, 2.24) is 0 Å². The molecule has 2 aromatic carbocycles. The van der Waals surface area contributed by atoms with Crippen LogP contribution >= 0.6 is 23.2 Å². The number of anilines is 1. The molecule has 1 saturated heterocycles. The zero-order chi connectivity index (χ0) is 19.2. The third-order valence-electron chi connectivity index (χ3n) is 4.91. The summed E-state index contributed by atoms with van der Waals surface area (Å²) in [6.45, 7) is 1.92. The van der Waals surface area contributed by atoms with E-state index in [1.54, 1.807) is 41.4 Å². The number of carbonyl (C=O) groups is 1. The maximum Gasteiger partial charge on any atom is 0.320 e. The Morgan fingerprint density at radius 1 is 1.19 bits per heavy atom. The average molecular weight is 398 g/mol. The van der Waals surface area contributed by atoms with Crippen molar-refractivity contribution in [3.8, 4) is 6.07 Å². The zero-order valence-corrected chi connectivity index (χ0v) is 15.9. The predicted octanol–water partition coefficient (Wildman–Crippen LogP) is 2.94. The molecule has 1 N–H and O–H groups in total. The molecular weight excluding hydrogens is 383 g/mol. The Morgan fingerprint density at radius 2 is 1.85 bits per heavy atom. The lowest BCUT2D eigenvalue weighted by atomic mass is 9.91. The number of hydrogen-bond donors (Lipinski definition) is 1. The van der Waals surface area contributed by atoms with Gasteiger partial charge in [-0.2, -0.15) is 10.3 Å². The molecule has 2 aromatic rings. The molecular formula is C20H15Cl2N4O+. The first-order valence-corrected chi connectivity index (χ1v) is 9.10. The molecule has 2 heterocycles. The van der Waals surface area contributed by atoms with E-state index < -0.39 is 5.54 Å². The molecule has 0 saturated carbocycles. The van der Waals surface area contributed by atoms with Crippen molar-refractivity contribution >= 4 is 40.8 Å². The highest BCUT2D eigenvalue weighted by atomic mass is 35.5. The number of hydrogen-bond acceptors (Lipinski definition) is 3. The molecule has 2 atom stereocenters. The lowest BCUT2D eigenvalue weighted by Gasteiger charge is -2.23. The number of fused-ring (bicyclic) bond motifs is 1. The van der Waals surface area contributed by atoms with Gasteiger partial charge in [-0.05, 0) is 35.9 Å². The standard InChI is InChI=1S/C20H14Cl2N4O/c1-20(11-13-2-4-14(12-23)5-3-13)18(27)26(19-24-6-7-25(19)20)17-9-15(21)8-16(22)10-17/h2-10H,11H2,1H3/p+1. The van der Waals surface area contributed by atoms with E-state index >= 15 is 0 Å². The first-order chi connectivity index (χ1) is 12.9. The van der Waals surface area contributed by atoms with Gasteiger partial charge in [0.25, 0.3) is 5.91 Å². The maximum absolute atomic E-state index is 13.4. The summed E-state index contributed by atoms with van der Waals surface area (Å²) < 4.78 is 0. The van der Waals surface area contributed by atoms with Gasteiger partial charge in [-0.3, -0.25) is 4.79 Å². The molecule has 7 heteroatoms. The van der Waals surface area contributed by atoms with Crippen molar-refractivity contribution in [1.29, 1.82) is 5.26 Å². The number of nitriles is 1. The molecule has 2 aliphatic rings. The molecule has 0 radical (unpaired) electrons. The number of nitrogens with one attached hydrogen (secondary N) is 1. The monoisotopic (exact) mass is 397 g/mol. The van der Waals surface area contributed by atoms with Gasteiger partial charge in [-0.25, -0.2) is 9.80 Å². The van der Waals surface area contributed by atoms with Gasteiger partial charge in [-0.1, -0.05) is 35.3 Å². The molecule has 0 aromatic heterocycles. The lowest BCUT2D eigenvalue weighted by molar-refractivity contribution is -0.788. The van der Waals surface area contributed by atoms with Crippen molar-refractivity contribution in [3.05, 3.63) is 76.0 Å². The summed E-state index contributed by atoms with van der Waals surface area (Å²) in [6, 6.07) is 14.4. The van der Waals surface area contributed by atoms with Gasteiger partial charge < -0.3 is 0 Å². The van der Waals surface area contributed by atoms with Gasteiger partial charge in [0.15, 0.2) is 5.54 Å². The molecule has 0 bridgehead atoms.